The Morgan fingerprint density at radius 1 is 1.00 bits per heavy atom. The molecule has 2 aromatic carbocycles. The number of esters is 1. The van der Waals surface area contributed by atoms with Crippen LogP contribution in [0.5, 0.6) is 5.75 Å². The number of nitrogens with zero attached hydrogens (tertiary/aromatic N) is 1. The molecule has 1 aliphatic rings. The molecule has 0 spiro atoms. The van der Waals surface area contributed by atoms with E-state index in [2.05, 4.69) is 0 Å². The van der Waals surface area contributed by atoms with Gasteiger partial charge in [-0.05, 0) is 38.5 Å². The van der Waals surface area contributed by atoms with Gasteiger partial charge in [0.25, 0.3) is 0 Å². The molecule has 0 bridgehead atoms. The van der Waals surface area contributed by atoms with Gasteiger partial charge in [0.05, 0.1) is 7.11 Å². The Morgan fingerprint density at radius 3 is 2.14 bits per heavy atom. The van der Waals surface area contributed by atoms with Crippen molar-refractivity contribution in [3.63, 3.8) is 0 Å². The molecule has 0 unspecified atom stereocenters. The van der Waals surface area contributed by atoms with Gasteiger partial charge >= 0.3 is 12.1 Å². The van der Waals surface area contributed by atoms with Crippen LogP contribution in [0.15, 0.2) is 54.6 Å². The van der Waals surface area contributed by atoms with Gasteiger partial charge in [0, 0.05) is 5.56 Å². The second-order valence-electron chi connectivity index (χ2n) is 7.76. The Kier molecular flexibility index (Phi) is 5.79. The fourth-order valence-electron chi connectivity index (χ4n) is 3.33. The van der Waals surface area contributed by atoms with Crippen LogP contribution in [0.1, 0.15) is 44.2 Å². The van der Waals surface area contributed by atoms with Gasteiger partial charge in [-0.2, -0.15) is 0 Å². The van der Waals surface area contributed by atoms with Gasteiger partial charge in [0.15, 0.2) is 12.3 Å². The number of hydrogen-bond acceptors (Lipinski definition) is 5. The Labute approximate surface area is 169 Å². The van der Waals surface area contributed by atoms with E-state index in [1.54, 1.807) is 76.4 Å². The average molecular weight is 399 g/mol. The highest BCUT2D eigenvalue weighted by Crippen LogP contribution is 2.44. The third-order valence-corrected chi connectivity index (χ3v) is 4.52. The Bertz CT molecular complexity index is 859. The summed E-state index contributed by atoms with van der Waals surface area (Å²) in [4.78, 5) is 26.3. The molecule has 2 aromatic rings. The topological polar surface area (TPSA) is 85.3 Å². The van der Waals surface area contributed by atoms with E-state index in [0.29, 0.717) is 16.9 Å². The first-order chi connectivity index (χ1) is 13.7. The third-order valence-electron chi connectivity index (χ3n) is 4.52. The highest BCUT2D eigenvalue weighted by atomic mass is 16.6. The SMILES string of the molecule is COc1ccc([C@@H]2O[C@@H](C(=O)OC(C)(C)C)[C@H](c3ccccc3)N2C(=O)O)cc1. The Hall–Kier alpha value is -3.06. The number of carbonyl (C=O) groups is 2. The van der Waals surface area contributed by atoms with Crippen LogP contribution in [0.25, 0.3) is 0 Å². The second kappa shape index (κ2) is 8.13. The van der Waals surface area contributed by atoms with Gasteiger partial charge in [-0.15, -0.1) is 0 Å². The third kappa shape index (κ3) is 4.51. The number of methoxy groups -OCH3 is 1. The fraction of sp³-hybridized carbons (Fsp3) is 0.364. The lowest BCUT2D eigenvalue weighted by atomic mass is 10.0. The zero-order chi connectivity index (χ0) is 21.2. The van der Waals surface area contributed by atoms with Crippen molar-refractivity contribution >= 4 is 12.1 Å². The Balaban J connectivity index is 2.04. The normalized spacial score (nSPS) is 21.7. The quantitative estimate of drug-likeness (QED) is 0.777. The van der Waals surface area contributed by atoms with Gasteiger partial charge < -0.3 is 19.3 Å². The predicted molar refractivity (Wildman–Crippen MR) is 105 cm³/mol. The van der Waals surface area contributed by atoms with Crippen LogP contribution in [0.4, 0.5) is 4.79 Å². The highest BCUT2D eigenvalue weighted by molar-refractivity contribution is 5.79. The summed E-state index contributed by atoms with van der Waals surface area (Å²) in [6.07, 6.45) is -3.24. The minimum atomic E-state index is -1.19. The van der Waals surface area contributed by atoms with Crippen molar-refractivity contribution in [1.82, 2.24) is 4.90 Å². The first-order valence-corrected chi connectivity index (χ1v) is 9.30. The molecule has 1 amide bonds. The summed E-state index contributed by atoms with van der Waals surface area (Å²) < 4.78 is 16.7. The van der Waals surface area contributed by atoms with Gasteiger partial charge in [0.1, 0.15) is 17.4 Å². The van der Waals surface area contributed by atoms with E-state index in [9.17, 15) is 14.7 Å². The minimum Gasteiger partial charge on any atom is -0.497 e. The summed E-state index contributed by atoms with van der Waals surface area (Å²) >= 11 is 0. The summed E-state index contributed by atoms with van der Waals surface area (Å²) in [5.41, 5.74) is 0.524. The molecule has 7 nitrogen and oxygen atoms in total. The number of amides is 1. The van der Waals surface area contributed by atoms with Gasteiger partial charge in [-0.1, -0.05) is 42.5 Å². The van der Waals surface area contributed by atoms with Crippen molar-refractivity contribution in [2.24, 2.45) is 0 Å². The first-order valence-electron chi connectivity index (χ1n) is 9.30. The number of rotatable bonds is 4. The number of benzene rings is 2. The second-order valence-corrected chi connectivity index (χ2v) is 7.76. The summed E-state index contributed by atoms with van der Waals surface area (Å²) in [5.74, 6) is 0.0329. The number of carboxylic acid groups (broad SMARTS) is 1. The van der Waals surface area contributed by atoms with Crippen LogP contribution >= 0.6 is 0 Å². The summed E-state index contributed by atoms with van der Waals surface area (Å²) in [7, 11) is 1.55. The summed E-state index contributed by atoms with van der Waals surface area (Å²) in [6, 6.07) is 15.0. The average Bonchev–Trinajstić information content (AvgIpc) is 3.08. The zero-order valence-electron chi connectivity index (χ0n) is 16.9. The molecule has 0 saturated carbocycles. The van der Waals surface area contributed by atoms with E-state index in [-0.39, 0.29) is 0 Å². The van der Waals surface area contributed by atoms with E-state index in [4.69, 9.17) is 14.2 Å². The van der Waals surface area contributed by atoms with Crippen LogP contribution in [-0.4, -0.2) is 40.9 Å². The molecular formula is C22H25NO6. The van der Waals surface area contributed by atoms with Crippen molar-refractivity contribution in [2.75, 3.05) is 7.11 Å². The Morgan fingerprint density at radius 2 is 1.62 bits per heavy atom. The van der Waals surface area contributed by atoms with Crippen LogP contribution in [0.3, 0.4) is 0 Å². The maximum atomic E-state index is 12.9. The van der Waals surface area contributed by atoms with E-state index < -0.39 is 36.0 Å². The molecule has 154 valence electrons. The molecule has 3 rings (SSSR count). The van der Waals surface area contributed by atoms with Crippen molar-refractivity contribution in [3.05, 3.63) is 65.7 Å². The van der Waals surface area contributed by atoms with Crippen molar-refractivity contribution in [1.29, 1.82) is 0 Å². The smallest absolute Gasteiger partial charge is 0.410 e. The molecule has 3 atom stereocenters. The van der Waals surface area contributed by atoms with E-state index >= 15 is 0 Å². The van der Waals surface area contributed by atoms with Gasteiger partial charge in [-0.25, -0.2) is 9.59 Å². The number of ether oxygens (including phenoxy) is 3. The van der Waals surface area contributed by atoms with Crippen LogP contribution in [-0.2, 0) is 14.3 Å². The van der Waals surface area contributed by atoms with E-state index in [1.165, 1.54) is 0 Å². The fourth-order valence-corrected chi connectivity index (χ4v) is 3.33. The monoisotopic (exact) mass is 399 g/mol. The lowest BCUT2D eigenvalue weighted by Gasteiger charge is -2.27. The molecule has 0 radical (unpaired) electrons. The highest BCUT2D eigenvalue weighted by Gasteiger charge is 2.51. The first kappa shape index (κ1) is 20.7. The lowest BCUT2D eigenvalue weighted by molar-refractivity contribution is -0.168. The van der Waals surface area contributed by atoms with Crippen LogP contribution in [0, 0.1) is 0 Å². The zero-order valence-corrected chi connectivity index (χ0v) is 16.9. The molecule has 0 aromatic heterocycles. The summed E-state index contributed by atoms with van der Waals surface area (Å²) in [5, 5.41) is 9.98. The van der Waals surface area contributed by atoms with Crippen molar-refractivity contribution in [2.45, 2.75) is 44.7 Å². The van der Waals surface area contributed by atoms with Crippen LogP contribution < -0.4 is 4.74 Å². The van der Waals surface area contributed by atoms with E-state index in [1.807, 2.05) is 6.07 Å². The molecule has 1 aliphatic heterocycles. The van der Waals surface area contributed by atoms with E-state index in [0.717, 1.165) is 4.90 Å². The lowest BCUT2D eigenvalue weighted by Crippen LogP contribution is -2.38. The van der Waals surface area contributed by atoms with Crippen molar-refractivity contribution in [3.8, 4) is 5.75 Å². The number of carbonyl (C=O) groups excluding carboxylic acids is 1. The molecule has 1 fully saturated rings. The molecule has 1 saturated heterocycles. The maximum absolute atomic E-state index is 12.9. The largest absolute Gasteiger partial charge is 0.497 e. The molecule has 7 heteroatoms. The molecular weight excluding hydrogens is 374 g/mol. The standard InChI is InChI=1S/C22H25NO6/c1-22(2,3)29-20(24)18-17(14-8-6-5-7-9-14)23(21(25)26)19(28-18)15-10-12-16(27-4)13-11-15/h5-13,17-19H,1-4H3,(H,25,26)/t17-,18+,19-/m0/s1. The molecule has 1 N–H and O–H groups in total. The number of hydrogen-bond donors (Lipinski definition) is 1. The predicted octanol–water partition coefficient (Wildman–Crippen LogP) is 4.16. The van der Waals surface area contributed by atoms with Crippen molar-refractivity contribution < 1.29 is 28.9 Å². The van der Waals surface area contributed by atoms with Gasteiger partial charge in [-0.3, -0.25) is 4.90 Å². The molecule has 1 heterocycles. The molecule has 29 heavy (non-hydrogen) atoms. The molecule has 0 aliphatic carbocycles. The van der Waals surface area contributed by atoms with Crippen LogP contribution in [0.2, 0.25) is 0 Å². The maximum Gasteiger partial charge on any atom is 0.410 e. The van der Waals surface area contributed by atoms with Gasteiger partial charge in [0.2, 0.25) is 0 Å². The minimum absolute atomic E-state index is 0.597. The summed E-state index contributed by atoms with van der Waals surface area (Å²) in [6.45, 7) is 5.27.